The van der Waals surface area contributed by atoms with Crippen LogP contribution >= 0.6 is 11.6 Å². The molecule has 1 aliphatic rings. The van der Waals surface area contributed by atoms with Gasteiger partial charge >= 0.3 is 5.97 Å². The zero-order chi connectivity index (χ0) is 22.7. The van der Waals surface area contributed by atoms with Gasteiger partial charge in [0.2, 0.25) is 6.10 Å². The van der Waals surface area contributed by atoms with E-state index >= 15 is 0 Å². The molecule has 164 valence electrons. The van der Waals surface area contributed by atoms with E-state index in [9.17, 15) is 9.59 Å². The summed E-state index contributed by atoms with van der Waals surface area (Å²) in [4.78, 5) is 26.8. The molecule has 2 atom stereocenters. The smallest absolute Gasteiger partial charge is 0.338 e. The van der Waals surface area contributed by atoms with Crippen molar-refractivity contribution in [1.82, 2.24) is 0 Å². The van der Waals surface area contributed by atoms with Crippen LogP contribution in [0.25, 0.3) is 0 Å². The van der Waals surface area contributed by atoms with Gasteiger partial charge in [-0.15, -0.1) is 0 Å². The number of carbonyl (C=O) groups is 2. The zero-order valence-electron chi connectivity index (χ0n) is 17.7. The van der Waals surface area contributed by atoms with Gasteiger partial charge in [0, 0.05) is 16.3 Å². The summed E-state index contributed by atoms with van der Waals surface area (Å²) >= 11 is 5.97. The van der Waals surface area contributed by atoms with Gasteiger partial charge in [0.15, 0.2) is 0 Å². The van der Waals surface area contributed by atoms with Crippen molar-refractivity contribution in [3.8, 4) is 11.5 Å². The number of ether oxygens (including phenoxy) is 3. The van der Waals surface area contributed by atoms with Crippen molar-refractivity contribution < 1.29 is 23.8 Å². The fourth-order valence-corrected chi connectivity index (χ4v) is 3.84. The summed E-state index contributed by atoms with van der Waals surface area (Å²) in [6, 6.07) is 20.7. The molecular weight excluding hydrogens is 430 g/mol. The van der Waals surface area contributed by atoms with Gasteiger partial charge in [-0.05, 0) is 61.5 Å². The van der Waals surface area contributed by atoms with Gasteiger partial charge in [0.05, 0.1) is 19.3 Å². The Balaban J connectivity index is 1.67. The molecule has 1 amide bonds. The van der Waals surface area contributed by atoms with Crippen LogP contribution in [0.1, 0.15) is 28.9 Å². The van der Waals surface area contributed by atoms with E-state index in [0.717, 1.165) is 5.56 Å². The molecule has 0 N–H and O–H groups in total. The van der Waals surface area contributed by atoms with Crippen LogP contribution in [0.3, 0.4) is 0 Å². The number of amides is 1. The summed E-state index contributed by atoms with van der Waals surface area (Å²) in [7, 11) is 1.59. The second-order valence-electron chi connectivity index (χ2n) is 7.15. The third-order valence-corrected chi connectivity index (χ3v) is 5.49. The quantitative estimate of drug-likeness (QED) is 0.371. The molecule has 4 rings (SSSR count). The van der Waals surface area contributed by atoms with Crippen molar-refractivity contribution in [2.45, 2.75) is 19.1 Å². The molecule has 7 heteroatoms. The number of β-lactam (4-membered cyclic amide) rings is 1. The molecule has 0 radical (unpaired) electrons. The molecule has 0 aliphatic carbocycles. The fraction of sp³-hybridized carbons (Fsp3) is 0.200. The van der Waals surface area contributed by atoms with E-state index in [2.05, 4.69) is 0 Å². The monoisotopic (exact) mass is 451 g/mol. The number of hydrogen-bond donors (Lipinski definition) is 0. The first kappa shape index (κ1) is 21.7. The van der Waals surface area contributed by atoms with E-state index in [4.69, 9.17) is 25.8 Å². The molecule has 1 fully saturated rings. The number of nitrogens with zero attached hydrogens (tertiary/aromatic N) is 1. The number of rotatable bonds is 7. The summed E-state index contributed by atoms with van der Waals surface area (Å²) in [5.74, 6) is 0.603. The van der Waals surface area contributed by atoms with Crippen molar-refractivity contribution in [2.75, 3.05) is 18.6 Å². The van der Waals surface area contributed by atoms with E-state index in [0.29, 0.717) is 34.4 Å². The molecule has 1 heterocycles. The molecule has 3 aromatic carbocycles. The van der Waals surface area contributed by atoms with Gasteiger partial charge < -0.3 is 14.2 Å². The van der Waals surface area contributed by atoms with Crippen LogP contribution in [0.2, 0.25) is 5.02 Å². The van der Waals surface area contributed by atoms with E-state index in [1.54, 1.807) is 67.5 Å². The van der Waals surface area contributed by atoms with Crippen molar-refractivity contribution >= 4 is 29.2 Å². The molecule has 6 nitrogen and oxygen atoms in total. The second kappa shape index (κ2) is 9.32. The minimum Gasteiger partial charge on any atom is -0.496 e. The first-order valence-electron chi connectivity index (χ1n) is 10.2. The minimum absolute atomic E-state index is 0.195. The molecular formula is C25H22ClNO5. The average molecular weight is 452 g/mol. The van der Waals surface area contributed by atoms with Gasteiger partial charge in [-0.25, -0.2) is 4.79 Å². The molecule has 0 saturated carbocycles. The summed E-state index contributed by atoms with van der Waals surface area (Å²) < 4.78 is 16.6. The van der Waals surface area contributed by atoms with E-state index in [-0.39, 0.29) is 5.91 Å². The van der Waals surface area contributed by atoms with E-state index in [1.165, 1.54) is 0 Å². The Kier molecular flexibility index (Phi) is 6.32. The zero-order valence-corrected chi connectivity index (χ0v) is 18.4. The van der Waals surface area contributed by atoms with Crippen molar-refractivity contribution in [3.05, 3.63) is 88.9 Å². The Hall–Kier alpha value is -3.51. The van der Waals surface area contributed by atoms with Crippen LogP contribution in [0.4, 0.5) is 5.69 Å². The summed E-state index contributed by atoms with van der Waals surface area (Å²) in [6.07, 6.45) is -0.739. The lowest BCUT2D eigenvalue weighted by Gasteiger charge is -2.47. The fourth-order valence-electron chi connectivity index (χ4n) is 3.71. The molecule has 32 heavy (non-hydrogen) atoms. The van der Waals surface area contributed by atoms with Crippen LogP contribution in [-0.2, 0) is 9.53 Å². The second-order valence-corrected chi connectivity index (χ2v) is 7.59. The third-order valence-electron chi connectivity index (χ3n) is 5.24. The van der Waals surface area contributed by atoms with Crippen LogP contribution in [0, 0.1) is 0 Å². The standard InChI is InChI=1S/C25H22ClNO5/c1-3-31-25(29)16-8-12-18(13-9-16)27-22(20-6-4-5-7-21(20)30-2)23(24(27)28)32-19-14-10-17(26)11-15-19/h4-15,22-23H,3H2,1-2H3/t22-,23+/m0/s1. The van der Waals surface area contributed by atoms with Crippen LogP contribution in [0.5, 0.6) is 11.5 Å². The first-order valence-corrected chi connectivity index (χ1v) is 10.6. The lowest BCUT2D eigenvalue weighted by atomic mass is 9.89. The van der Waals surface area contributed by atoms with E-state index < -0.39 is 18.1 Å². The van der Waals surface area contributed by atoms with Gasteiger partial charge in [0.1, 0.15) is 17.5 Å². The highest BCUT2D eigenvalue weighted by Gasteiger charge is 2.52. The number of methoxy groups -OCH3 is 1. The summed E-state index contributed by atoms with van der Waals surface area (Å²) in [5.41, 5.74) is 1.89. The Bertz CT molecular complexity index is 1110. The predicted molar refractivity (Wildman–Crippen MR) is 121 cm³/mol. The van der Waals surface area contributed by atoms with Gasteiger partial charge in [0.25, 0.3) is 5.91 Å². The topological polar surface area (TPSA) is 65.1 Å². The lowest BCUT2D eigenvalue weighted by molar-refractivity contribution is -0.135. The third kappa shape index (κ3) is 4.14. The summed E-state index contributed by atoms with van der Waals surface area (Å²) in [6.45, 7) is 2.05. The molecule has 0 spiro atoms. The number of esters is 1. The number of benzene rings is 3. The Morgan fingerprint density at radius 2 is 1.69 bits per heavy atom. The Morgan fingerprint density at radius 3 is 2.34 bits per heavy atom. The highest BCUT2D eigenvalue weighted by Crippen LogP contribution is 2.44. The molecule has 0 unspecified atom stereocenters. The van der Waals surface area contributed by atoms with Gasteiger partial charge in [-0.3, -0.25) is 9.69 Å². The predicted octanol–water partition coefficient (Wildman–Crippen LogP) is 5.06. The maximum Gasteiger partial charge on any atom is 0.338 e. The van der Waals surface area contributed by atoms with Crippen LogP contribution in [-0.4, -0.2) is 31.7 Å². The molecule has 0 aromatic heterocycles. The van der Waals surface area contributed by atoms with Crippen molar-refractivity contribution in [2.24, 2.45) is 0 Å². The number of carbonyl (C=O) groups excluding carboxylic acids is 2. The van der Waals surface area contributed by atoms with Gasteiger partial charge in [-0.1, -0.05) is 29.8 Å². The van der Waals surface area contributed by atoms with Crippen molar-refractivity contribution in [3.63, 3.8) is 0 Å². The largest absolute Gasteiger partial charge is 0.496 e. The highest BCUT2D eigenvalue weighted by molar-refractivity contribution is 6.30. The number of hydrogen-bond acceptors (Lipinski definition) is 5. The minimum atomic E-state index is -0.739. The Labute approximate surface area is 191 Å². The first-order chi connectivity index (χ1) is 15.5. The molecule has 0 bridgehead atoms. The lowest BCUT2D eigenvalue weighted by Crippen LogP contribution is -2.61. The maximum atomic E-state index is 13.2. The molecule has 1 saturated heterocycles. The number of halogens is 1. The maximum absolute atomic E-state index is 13.2. The number of anilines is 1. The normalized spacial score (nSPS) is 17.5. The average Bonchev–Trinajstić information content (AvgIpc) is 2.82. The highest BCUT2D eigenvalue weighted by atomic mass is 35.5. The van der Waals surface area contributed by atoms with Gasteiger partial charge in [-0.2, -0.15) is 0 Å². The molecule has 1 aliphatic heterocycles. The van der Waals surface area contributed by atoms with Crippen LogP contribution < -0.4 is 14.4 Å². The SMILES string of the molecule is CCOC(=O)c1ccc(N2C(=O)[C@H](Oc3ccc(Cl)cc3)[C@@H]2c2ccccc2OC)cc1. The van der Waals surface area contributed by atoms with Crippen LogP contribution in [0.15, 0.2) is 72.8 Å². The van der Waals surface area contributed by atoms with E-state index in [1.807, 2.05) is 24.3 Å². The molecule has 3 aromatic rings. The summed E-state index contributed by atoms with van der Waals surface area (Å²) in [5, 5.41) is 0.585. The van der Waals surface area contributed by atoms with Crippen molar-refractivity contribution in [1.29, 1.82) is 0 Å². The Morgan fingerprint density at radius 1 is 1.00 bits per heavy atom. The number of para-hydroxylation sites is 1.